The number of para-hydroxylation sites is 2. The van der Waals surface area contributed by atoms with Crippen molar-refractivity contribution in [2.75, 3.05) is 6.61 Å². The molecule has 5 aromatic rings. The van der Waals surface area contributed by atoms with Crippen molar-refractivity contribution in [1.29, 1.82) is 0 Å². The van der Waals surface area contributed by atoms with Gasteiger partial charge >= 0.3 is 0 Å². The molecule has 0 aliphatic heterocycles. The number of hydrogen-bond donors (Lipinski definition) is 0. The van der Waals surface area contributed by atoms with E-state index in [4.69, 9.17) is 20.8 Å². The lowest BCUT2D eigenvalue weighted by Gasteiger charge is -2.09. The zero-order chi connectivity index (χ0) is 21.8. The minimum absolute atomic E-state index is 0.712. The fourth-order valence-electron chi connectivity index (χ4n) is 4.10. The van der Waals surface area contributed by atoms with Crippen molar-refractivity contribution in [2.45, 2.75) is 32.1 Å². The lowest BCUT2D eigenvalue weighted by atomic mass is 10.1. The first-order chi connectivity index (χ1) is 15.8. The smallest absolute Gasteiger partial charge is 0.135 e. The maximum Gasteiger partial charge on any atom is 0.135 e. The molecular formula is C27H25ClN2O2. The Morgan fingerprint density at radius 3 is 2.50 bits per heavy atom. The van der Waals surface area contributed by atoms with E-state index in [1.54, 1.807) is 6.20 Å². The van der Waals surface area contributed by atoms with Crippen molar-refractivity contribution in [3.8, 4) is 11.4 Å². The van der Waals surface area contributed by atoms with Crippen LogP contribution in [0.15, 0.2) is 83.4 Å². The average Bonchev–Trinajstić information content (AvgIpc) is 3.39. The Morgan fingerprint density at radius 2 is 1.59 bits per heavy atom. The molecule has 2 heterocycles. The van der Waals surface area contributed by atoms with Crippen LogP contribution in [0.1, 0.15) is 31.4 Å². The van der Waals surface area contributed by atoms with Gasteiger partial charge in [-0.25, -0.2) is 4.68 Å². The zero-order valence-electron chi connectivity index (χ0n) is 17.8. The van der Waals surface area contributed by atoms with E-state index in [0.717, 1.165) is 76.2 Å². The van der Waals surface area contributed by atoms with Crippen molar-refractivity contribution < 1.29 is 9.15 Å². The number of hydrogen-bond acceptors (Lipinski definition) is 3. The normalized spacial score (nSPS) is 11.4. The molecule has 0 N–H and O–H groups in total. The van der Waals surface area contributed by atoms with Crippen LogP contribution >= 0.6 is 11.6 Å². The molecule has 0 aliphatic carbocycles. The van der Waals surface area contributed by atoms with Gasteiger partial charge in [0, 0.05) is 10.8 Å². The van der Waals surface area contributed by atoms with Gasteiger partial charge in [0.1, 0.15) is 16.9 Å². The number of halogens is 1. The monoisotopic (exact) mass is 444 g/mol. The van der Waals surface area contributed by atoms with Crippen LogP contribution in [-0.2, 0) is 6.42 Å². The number of fused-ring (bicyclic) bond motifs is 3. The Bertz CT molecular complexity index is 1320. The fraction of sp³-hybridized carbons (Fsp3) is 0.222. The summed E-state index contributed by atoms with van der Waals surface area (Å²) >= 11 is 6.38. The van der Waals surface area contributed by atoms with Gasteiger partial charge in [-0.2, -0.15) is 5.10 Å². The fourth-order valence-corrected chi connectivity index (χ4v) is 4.32. The molecule has 0 aliphatic rings. The lowest BCUT2D eigenvalue weighted by Crippen LogP contribution is -2.02. The maximum absolute atomic E-state index is 6.38. The summed E-state index contributed by atoms with van der Waals surface area (Å²) in [4.78, 5) is 0. The molecule has 2 aromatic heterocycles. The van der Waals surface area contributed by atoms with Crippen LogP contribution in [0.2, 0.25) is 5.02 Å². The molecule has 0 fully saturated rings. The summed E-state index contributed by atoms with van der Waals surface area (Å²) in [6, 6.07) is 24.3. The van der Waals surface area contributed by atoms with E-state index < -0.39 is 0 Å². The minimum Gasteiger partial charge on any atom is -0.494 e. The van der Waals surface area contributed by atoms with Gasteiger partial charge in [-0.15, -0.1) is 0 Å². The molecule has 5 rings (SSSR count). The summed E-state index contributed by atoms with van der Waals surface area (Å²) in [5.74, 6) is 0.891. The second-order valence-electron chi connectivity index (χ2n) is 7.96. The quantitative estimate of drug-likeness (QED) is 0.220. The lowest BCUT2D eigenvalue weighted by molar-refractivity contribution is 0.305. The molecule has 0 amide bonds. The Kier molecular flexibility index (Phi) is 6.13. The highest BCUT2D eigenvalue weighted by Gasteiger charge is 2.10. The number of benzene rings is 3. The molecule has 32 heavy (non-hydrogen) atoms. The van der Waals surface area contributed by atoms with Crippen LogP contribution in [0, 0.1) is 0 Å². The van der Waals surface area contributed by atoms with Crippen LogP contribution in [-0.4, -0.2) is 16.4 Å². The molecule has 3 aromatic carbocycles. The molecule has 0 atom stereocenters. The Hall–Kier alpha value is -3.24. The highest BCUT2D eigenvalue weighted by Crippen LogP contribution is 2.31. The third-order valence-corrected chi connectivity index (χ3v) is 6.06. The van der Waals surface area contributed by atoms with Gasteiger partial charge in [-0.1, -0.05) is 60.8 Å². The highest BCUT2D eigenvalue weighted by atomic mass is 35.5. The molecule has 5 heteroatoms. The summed E-state index contributed by atoms with van der Waals surface area (Å²) in [5, 5.41) is 7.41. The first-order valence-electron chi connectivity index (χ1n) is 11.1. The molecule has 0 unspecified atom stereocenters. The molecule has 162 valence electrons. The van der Waals surface area contributed by atoms with E-state index in [9.17, 15) is 0 Å². The maximum atomic E-state index is 6.38. The van der Waals surface area contributed by atoms with Crippen molar-refractivity contribution in [3.63, 3.8) is 0 Å². The summed E-state index contributed by atoms with van der Waals surface area (Å²) in [6.07, 6.45) is 7.00. The molecule has 4 nitrogen and oxygen atoms in total. The van der Waals surface area contributed by atoms with Gasteiger partial charge in [0.25, 0.3) is 0 Å². The van der Waals surface area contributed by atoms with Crippen LogP contribution in [0.3, 0.4) is 0 Å². The minimum atomic E-state index is 0.712. The third-order valence-electron chi connectivity index (χ3n) is 5.74. The summed E-state index contributed by atoms with van der Waals surface area (Å²) in [5.41, 5.74) is 3.93. The van der Waals surface area contributed by atoms with E-state index in [-0.39, 0.29) is 0 Å². The Morgan fingerprint density at radius 1 is 0.812 bits per heavy atom. The summed E-state index contributed by atoms with van der Waals surface area (Å²) in [6.45, 7) is 0.712. The zero-order valence-corrected chi connectivity index (χ0v) is 18.6. The summed E-state index contributed by atoms with van der Waals surface area (Å²) < 4.78 is 13.8. The van der Waals surface area contributed by atoms with Gasteiger partial charge in [0.05, 0.1) is 29.2 Å². The van der Waals surface area contributed by atoms with E-state index in [1.165, 1.54) is 0 Å². The van der Waals surface area contributed by atoms with Crippen molar-refractivity contribution >= 4 is 33.5 Å². The third kappa shape index (κ3) is 4.37. The van der Waals surface area contributed by atoms with Crippen LogP contribution in [0.4, 0.5) is 0 Å². The number of rotatable bonds is 9. The molecule has 0 saturated carbocycles. The van der Waals surface area contributed by atoms with E-state index in [1.807, 2.05) is 65.3 Å². The van der Waals surface area contributed by atoms with Gasteiger partial charge < -0.3 is 9.15 Å². The topological polar surface area (TPSA) is 40.2 Å². The molecule has 0 radical (unpaired) electrons. The van der Waals surface area contributed by atoms with Crippen LogP contribution in [0.25, 0.3) is 27.6 Å². The predicted molar refractivity (Wildman–Crippen MR) is 130 cm³/mol. The number of unbranched alkanes of at least 4 members (excludes halogenated alkanes) is 3. The predicted octanol–water partition coefficient (Wildman–Crippen LogP) is 7.61. The Balaban J connectivity index is 1.09. The van der Waals surface area contributed by atoms with Crippen LogP contribution < -0.4 is 4.74 Å². The molecule has 0 saturated heterocycles. The summed E-state index contributed by atoms with van der Waals surface area (Å²) in [7, 11) is 0. The van der Waals surface area contributed by atoms with Gasteiger partial charge in [0.2, 0.25) is 0 Å². The van der Waals surface area contributed by atoms with Gasteiger partial charge in [-0.05, 0) is 55.7 Å². The molecule has 0 bridgehead atoms. The largest absolute Gasteiger partial charge is 0.494 e. The number of nitrogens with zero attached hydrogens (tertiary/aromatic N) is 2. The first-order valence-corrected chi connectivity index (χ1v) is 11.5. The van der Waals surface area contributed by atoms with Crippen LogP contribution in [0.5, 0.6) is 5.75 Å². The average molecular weight is 445 g/mol. The standard InChI is InChI=1S/C27H25ClN2O2/c28-24-19-29-30(20-10-4-3-5-11-20)25(24)13-6-1-2-9-17-31-21-15-16-27-23(18-21)22-12-7-8-14-26(22)32-27/h3-5,7-8,10-12,14-16,18-19H,1-2,6,9,13,17H2. The molecule has 0 spiro atoms. The van der Waals surface area contributed by atoms with E-state index in [2.05, 4.69) is 17.2 Å². The second kappa shape index (κ2) is 9.49. The highest BCUT2D eigenvalue weighted by molar-refractivity contribution is 6.31. The van der Waals surface area contributed by atoms with Crippen molar-refractivity contribution in [1.82, 2.24) is 9.78 Å². The van der Waals surface area contributed by atoms with Gasteiger partial charge in [-0.3, -0.25) is 0 Å². The Labute approximate surface area is 192 Å². The van der Waals surface area contributed by atoms with Crippen molar-refractivity contribution in [3.05, 3.63) is 89.7 Å². The second-order valence-corrected chi connectivity index (χ2v) is 8.36. The van der Waals surface area contributed by atoms with Crippen molar-refractivity contribution in [2.24, 2.45) is 0 Å². The number of aromatic nitrogens is 2. The number of furan rings is 1. The van der Waals surface area contributed by atoms with E-state index >= 15 is 0 Å². The first kappa shape index (κ1) is 20.7. The molecular weight excluding hydrogens is 420 g/mol. The van der Waals surface area contributed by atoms with Gasteiger partial charge in [0.15, 0.2) is 0 Å². The SMILES string of the molecule is Clc1cnn(-c2ccccc2)c1CCCCCCOc1ccc2oc3ccccc3c2c1. The van der Waals surface area contributed by atoms with E-state index in [0.29, 0.717) is 6.61 Å². The number of ether oxygens (including phenoxy) is 1.